The van der Waals surface area contributed by atoms with E-state index >= 15 is 0 Å². The third-order valence-corrected chi connectivity index (χ3v) is 5.00. The van der Waals surface area contributed by atoms with Crippen molar-refractivity contribution >= 4 is 44.6 Å². The average Bonchev–Trinajstić information content (AvgIpc) is 2.56. The Labute approximate surface area is 158 Å². The van der Waals surface area contributed by atoms with Gasteiger partial charge >= 0.3 is 0 Å². The van der Waals surface area contributed by atoms with E-state index < -0.39 is 0 Å². The number of rotatable bonds is 6. The van der Waals surface area contributed by atoms with Crippen molar-refractivity contribution in [2.24, 2.45) is 0 Å². The van der Waals surface area contributed by atoms with Crippen molar-refractivity contribution in [3.05, 3.63) is 58.1 Å². The van der Waals surface area contributed by atoms with Crippen LogP contribution in [0.25, 0.3) is 0 Å². The van der Waals surface area contributed by atoms with Gasteiger partial charge in [0.15, 0.2) is 5.11 Å². The van der Waals surface area contributed by atoms with Crippen LogP contribution in [-0.4, -0.2) is 24.7 Å². The Morgan fingerprint density at radius 2 is 1.83 bits per heavy atom. The number of nitrogens with zero attached hydrogens (tertiary/aromatic N) is 1. The summed E-state index contributed by atoms with van der Waals surface area (Å²) in [6.45, 7) is 9.00. The van der Waals surface area contributed by atoms with E-state index in [-0.39, 0.29) is 0 Å². The third kappa shape index (κ3) is 5.49. The van der Waals surface area contributed by atoms with Crippen molar-refractivity contribution in [2.45, 2.75) is 20.8 Å². The first-order valence-electron chi connectivity index (χ1n) is 8.12. The molecule has 2 rings (SSSR count). The van der Waals surface area contributed by atoms with Crippen LogP contribution in [0.1, 0.15) is 18.1 Å². The second-order valence-corrected chi connectivity index (χ2v) is 7.02. The Morgan fingerprint density at radius 1 is 1.12 bits per heavy atom. The van der Waals surface area contributed by atoms with Crippen LogP contribution in [0.15, 0.2) is 46.9 Å². The van der Waals surface area contributed by atoms with E-state index in [1.165, 1.54) is 16.8 Å². The molecular formula is C19H24BrN3S. The second-order valence-electron chi connectivity index (χ2n) is 5.76. The Kier molecular flexibility index (Phi) is 7.06. The zero-order valence-corrected chi connectivity index (χ0v) is 16.8. The zero-order valence-electron chi connectivity index (χ0n) is 14.4. The van der Waals surface area contributed by atoms with Gasteiger partial charge in [0, 0.05) is 35.5 Å². The van der Waals surface area contributed by atoms with Crippen LogP contribution in [0, 0.1) is 13.8 Å². The van der Waals surface area contributed by atoms with Gasteiger partial charge in [-0.3, -0.25) is 0 Å². The van der Waals surface area contributed by atoms with Crippen molar-refractivity contribution in [2.75, 3.05) is 29.9 Å². The van der Waals surface area contributed by atoms with Crippen LogP contribution in [0.5, 0.6) is 0 Å². The number of benzene rings is 2. The maximum Gasteiger partial charge on any atom is 0.170 e. The predicted octanol–water partition coefficient (Wildman–Crippen LogP) is 4.88. The first kappa shape index (κ1) is 18.7. The maximum atomic E-state index is 5.38. The molecule has 5 heteroatoms. The summed E-state index contributed by atoms with van der Waals surface area (Å²) in [6, 6.07) is 14.7. The van der Waals surface area contributed by atoms with Crippen LogP contribution in [0.3, 0.4) is 0 Å². The van der Waals surface area contributed by atoms with Crippen LogP contribution >= 0.6 is 28.1 Å². The maximum absolute atomic E-state index is 5.38. The summed E-state index contributed by atoms with van der Waals surface area (Å²) in [5, 5.41) is 7.16. The number of hydrogen-bond donors (Lipinski definition) is 2. The molecule has 24 heavy (non-hydrogen) atoms. The molecule has 0 spiro atoms. The summed E-state index contributed by atoms with van der Waals surface area (Å²) in [5.74, 6) is 0. The smallest absolute Gasteiger partial charge is 0.170 e. The molecule has 0 unspecified atom stereocenters. The number of aryl methyl sites for hydroxylation is 2. The molecule has 0 bridgehead atoms. The molecule has 0 aromatic heterocycles. The predicted molar refractivity (Wildman–Crippen MR) is 112 cm³/mol. The highest BCUT2D eigenvalue weighted by molar-refractivity contribution is 9.10. The number of anilines is 2. The first-order chi connectivity index (χ1) is 11.5. The van der Waals surface area contributed by atoms with E-state index in [2.05, 4.69) is 82.6 Å². The molecule has 0 saturated carbocycles. The third-order valence-electron chi connectivity index (χ3n) is 3.86. The van der Waals surface area contributed by atoms with Crippen molar-refractivity contribution in [1.29, 1.82) is 0 Å². The number of thiocarbonyl (C=S) groups is 1. The summed E-state index contributed by atoms with van der Waals surface area (Å²) < 4.78 is 1.10. The van der Waals surface area contributed by atoms with Gasteiger partial charge in [0.2, 0.25) is 0 Å². The van der Waals surface area contributed by atoms with Crippen LogP contribution in [0.4, 0.5) is 11.4 Å². The Morgan fingerprint density at radius 3 is 2.46 bits per heavy atom. The summed E-state index contributed by atoms with van der Waals surface area (Å²) in [7, 11) is 0. The van der Waals surface area contributed by atoms with E-state index in [0.717, 1.165) is 29.8 Å². The molecule has 2 aromatic carbocycles. The molecule has 2 N–H and O–H groups in total. The molecule has 2 aromatic rings. The molecule has 0 radical (unpaired) electrons. The van der Waals surface area contributed by atoms with E-state index in [9.17, 15) is 0 Å². The van der Waals surface area contributed by atoms with Gasteiger partial charge in [0.1, 0.15) is 0 Å². The summed E-state index contributed by atoms with van der Waals surface area (Å²) in [4.78, 5) is 2.33. The van der Waals surface area contributed by atoms with Gasteiger partial charge in [0.05, 0.1) is 0 Å². The highest BCUT2D eigenvalue weighted by Crippen LogP contribution is 2.20. The standard InChI is InChI=1S/C19H24BrN3S/c1-4-23(17-8-5-14(2)6-9-17)12-11-21-19(24)22-16-7-10-18(20)15(3)13-16/h5-10,13H,4,11-12H2,1-3H3,(H2,21,22,24). The summed E-state index contributed by atoms with van der Waals surface area (Å²) in [6.07, 6.45) is 0. The summed E-state index contributed by atoms with van der Waals surface area (Å²) >= 11 is 8.89. The summed E-state index contributed by atoms with van der Waals surface area (Å²) in [5.41, 5.74) is 4.70. The molecule has 0 atom stereocenters. The fourth-order valence-corrected chi connectivity index (χ4v) is 2.89. The van der Waals surface area contributed by atoms with E-state index in [1.54, 1.807) is 0 Å². The molecule has 0 amide bonds. The van der Waals surface area contributed by atoms with Crippen LogP contribution < -0.4 is 15.5 Å². The normalized spacial score (nSPS) is 10.3. The van der Waals surface area contributed by atoms with Gasteiger partial charge in [-0.15, -0.1) is 0 Å². The fraction of sp³-hybridized carbons (Fsp3) is 0.316. The van der Waals surface area contributed by atoms with Gasteiger partial charge in [0.25, 0.3) is 0 Å². The quantitative estimate of drug-likeness (QED) is 0.669. The molecular weight excluding hydrogens is 382 g/mol. The molecule has 0 aliphatic carbocycles. The minimum Gasteiger partial charge on any atom is -0.370 e. The Bertz CT molecular complexity index is 686. The van der Waals surface area contributed by atoms with Gasteiger partial charge < -0.3 is 15.5 Å². The van der Waals surface area contributed by atoms with Crippen molar-refractivity contribution in [1.82, 2.24) is 5.32 Å². The lowest BCUT2D eigenvalue weighted by molar-refractivity contribution is 0.779. The lowest BCUT2D eigenvalue weighted by Gasteiger charge is -2.24. The average molecular weight is 406 g/mol. The largest absolute Gasteiger partial charge is 0.370 e. The lowest BCUT2D eigenvalue weighted by Crippen LogP contribution is -2.36. The van der Waals surface area contributed by atoms with Crippen LogP contribution in [-0.2, 0) is 0 Å². The first-order valence-corrected chi connectivity index (χ1v) is 9.32. The van der Waals surface area contributed by atoms with Crippen molar-refractivity contribution in [3.63, 3.8) is 0 Å². The monoisotopic (exact) mass is 405 g/mol. The molecule has 3 nitrogen and oxygen atoms in total. The van der Waals surface area contributed by atoms with E-state index in [0.29, 0.717) is 5.11 Å². The molecule has 128 valence electrons. The van der Waals surface area contributed by atoms with E-state index in [1.807, 2.05) is 12.1 Å². The van der Waals surface area contributed by atoms with E-state index in [4.69, 9.17) is 12.2 Å². The SMILES string of the molecule is CCN(CCNC(=S)Nc1ccc(Br)c(C)c1)c1ccc(C)cc1. The minimum atomic E-state index is 0.650. The Hall–Kier alpha value is -1.59. The van der Waals surface area contributed by atoms with Crippen molar-refractivity contribution < 1.29 is 0 Å². The van der Waals surface area contributed by atoms with Crippen molar-refractivity contribution in [3.8, 4) is 0 Å². The fourth-order valence-electron chi connectivity index (χ4n) is 2.43. The molecule has 0 fully saturated rings. The molecule has 0 aliphatic heterocycles. The number of hydrogen-bond acceptors (Lipinski definition) is 2. The number of nitrogens with one attached hydrogen (secondary N) is 2. The number of likely N-dealkylation sites (N-methyl/N-ethyl adjacent to an activating group) is 1. The highest BCUT2D eigenvalue weighted by Gasteiger charge is 2.05. The molecule has 0 saturated heterocycles. The van der Waals surface area contributed by atoms with Crippen LogP contribution in [0.2, 0.25) is 0 Å². The lowest BCUT2D eigenvalue weighted by atomic mass is 10.2. The second kappa shape index (κ2) is 9.04. The van der Waals surface area contributed by atoms with Gasteiger partial charge in [-0.25, -0.2) is 0 Å². The topological polar surface area (TPSA) is 27.3 Å². The molecule has 0 aliphatic rings. The highest BCUT2D eigenvalue weighted by atomic mass is 79.9. The molecule has 0 heterocycles. The van der Waals surface area contributed by atoms with Gasteiger partial charge in [-0.05, 0) is 68.9 Å². The zero-order chi connectivity index (χ0) is 17.5. The Balaban J connectivity index is 1.82. The van der Waals surface area contributed by atoms with Gasteiger partial charge in [-0.1, -0.05) is 33.6 Å². The van der Waals surface area contributed by atoms with Gasteiger partial charge in [-0.2, -0.15) is 0 Å². The number of halogens is 1. The minimum absolute atomic E-state index is 0.650.